The van der Waals surface area contributed by atoms with Crippen LogP contribution in [0.15, 0.2) is 50.7 Å². The Balaban J connectivity index is 1.70. The predicted molar refractivity (Wildman–Crippen MR) is 89.4 cm³/mol. The summed E-state index contributed by atoms with van der Waals surface area (Å²) in [6.07, 6.45) is 1.57. The number of aryl methyl sites for hydroxylation is 1. The molecule has 0 aliphatic heterocycles. The van der Waals surface area contributed by atoms with Crippen LogP contribution in [0.25, 0.3) is 11.5 Å². The Hall–Kier alpha value is -2.54. The third-order valence-electron chi connectivity index (χ3n) is 3.52. The Labute approximate surface area is 143 Å². The van der Waals surface area contributed by atoms with Gasteiger partial charge in [0.25, 0.3) is 11.1 Å². The highest BCUT2D eigenvalue weighted by Gasteiger charge is 2.21. The monoisotopic (exact) mass is 344 g/mol. The van der Waals surface area contributed by atoms with Gasteiger partial charge in [-0.25, -0.2) is 0 Å². The molecule has 0 radical (unpaired) electrons. The number of hydrogen-bond donors (Lipinski definition) is 0. The van der Waals surface area contributed by atoms with Gasteiger partial charge in [0.1, 0.15) is 11.5 Å². The predicted octanol–water partition coefficient (Wildman–Crippen LogP) is 4.01. The quantitative estimate of drug-likeness (QED) is 0.494. The molecule has 3 rings (SSSR count). The van der Waals surface area contributed by atoms with Crippen LogP contribution in [0.2, 0.25) is 0 Å². The molecule has 0 fully saturated rings. The zero-order valence-electron chi connectivity index (χ0n) is 13.5. The minimum Gasteiger partial charge on any atom is -0.497 e. The summed E-state index contributed by atoms with van der Waals surface area (Å²) in [7, 11) is 1.59. The number of ether oxygens (including phenoxy) is 1. The van der Waals surface area contributed by atoms with E-state index in [1.165, 1.54) is 11.8 Å². The van der Waals surface area contributed by atoms with E-state index >= 15 is 0 Å². The van der Waals surface area contributed by atoms with E-state index in [1.54, 1.807) is 43.7 Å². The maximum Gasteiger partial charge on any atom is 0.277 e. The molecule has 0 amide bonds. The molecule has 24 heavy (non-hydrogen) atoms. The molecule has 0 saturated carbocycles. The first kappa shape index (κ1) is 16.3. The number of hydrogen-bond acceptors (Lipinski definition) is 7. The van der Waals surface area contributed by atoms with Crippen LogP contribution >= 0.6 is 11.8 Å². The van der Waals surface area contributed by atoms with E-state index in [0.717, 1.165) is 5.56 Å². The number of nitrogens with zero attached hydrogens (tertiary/aromatic N) is 2. The fourth-order valence-electron chi connectivity index (χ4n) is 2.17. The summed E-state index contributed by atoms with van der Waals surface area (Å²) in [5.74, 6) is 1.79. The van der Waals surface area contributed by atoms with Crippen LogP contribution in [0, 0.1) is 6.92 Å². The highest BCUT2D eigenvalue weighted by Crippen LogP contribution is 2.29. The van der Waals surface area contributed by atoms with Crippen molar-refractivity contribution in [2.75, 3.05) is 7.11 Å². The first-order chi connectivity index (χ1) is 11.6. The van der Waals surface area contributed by atoms with E-state index in [2.05, 4.69) is 10.2 Å². The highest BCUT2D eigenvalue weighted by molar-refractivity contribution is 8.00. The average Bonchev–Trinajstić information content (AvgIpc) is 3.22. The molecule has 0 bridgehead atoms. The van der Waals surface area contributed by atoms with Crippen molar-refractivity contribution < 1.29 is 18.4 Å². The fraction of sp³-hybridized carbons (Fsp3) is 0.235. The largest absolute Gasteiger partial charge is 0.497 e. The lowest BCUT2D eigenvalue weighted by atomic mass is 10.1. The standard InChI is InChI=1S/C17H16N2O4S/c1-10-14(8-9-22-10)16-18-19-17(23-16)24-11(2)15(20)12-4-6-13(21-3)7-5-12/h4-9,11H,1-3H3. The van der Waals surface area contributed by atoms with Gasteiger partial charge in [0.05, 0.1) is 24.2 Å². The Morgan fingerprint density at radius 2 is 1.96 bits per heavy atom. The van der Waals surface area contributed by atoms with Crippen molar-refractivity contribution in [1.82, 2.24) is 10.2 Å². The normalized spacial score (nSPS) is 12.1. The third-order valence-corrected chi connectivity index (χ3v) is 4.45. The third kappa shape index (κ3) is 3.35. The van der Waals surface area contributed by atoms with E-state index in [1.807, 2.05) is 13.8 Å². The summed E-state index contributed by atoms with van der Waals surface area (Å²) in [4.78, 5) is 12.5. The van der Waals surface area contributed by atoms with E-state index < -0.39 is 0 Å². The summed E-state index contributed by atoms with van der Waals surface area (Å²) in [5.41, 5.74) is 1.37. The number of carbonyl (C=O) groups excluding carboxylic acids is 1. The second kappa shape index (κ2) is 6.92. The molecule has 0 saturated heterocycles. The number of rotatable bonds is 6. The van der Waals surface area contributed by atoms with Crippen LogP contribution in [0.4, 0.5) is 0 Å². The maximum atomic E-state index is 12.5. The first-order valence-corrected chi connectivity index (χ1v) is 8.19. The number of ketones is 1. The van der Waals surface area contributed by atoms with Crippen molar-refractivity contribution in [2.24, 2.45) is 0 Å². The maximum absolute atomic E-state index is 12.5. The molecule has 7 heteroatoms. The molecule has 1 aromatic carbocycles. The lowest BCUT2D eigenvalue weighted by molar-refractivity contribution is 0.0993. The number of carbonyl (C=O) groups is 1. The molecule has 2 aromatic heterocycles. The van der Waals surface area contributed by atoms with Gasteiger partial charge in [-0.05, 0) is 44.2 Å². The van der Waals surface area contributed by atoms with E-state index in [4.69, 9.17) is 13.6 Å². The minimum absolute atomic E-state index is 0.0121. The molecule has 0 N–H and O–H groups in total. The lowest BCUT2D eigenvalue weighted by Crippen LogP contribution is -2.13. The van der Waals surface area contributed by atoms with Crippen LogP contribution in [-0.2, 0) is 0 Å². The van der Waals surface area contributed by atoms with Crippen LogP contribution in [0.3, 0.4) is 0 Å². The minimum atomic E-state index is -0.350. The molecule has 3 aromatic rings. The molecule has 2 heterocycles. The van der Waals surface area contributed by atoms with Gasteiger partial charge in [-0.3, -0.25) is 4.79 Å². The lowest BCUT2D eigenvalue weighted by Gasteiger charge is -2.08. The van der Waals surface area contributed by atoms with Gasteiger partial charge in [0.15, 0.2) is 5.78 Å². The first-order valence-electron chi connectivity index (χ1n) is 7.31. The highest BCUT2D eigenvalue weighted by atomic mass is 32.2. The smallest absolute Gasteiger partial charge is 0.277 e. The molecular formula is C17H16N2O4S. The molecule has 0 spiro atoms. The van der Waals surface area contributed by atoms with Crippen LogP contribution in [0.5, 0.6) is 5.75 Å². The number of furan rings is 1. The summed E-state index contributed by atoms with van der Waals surface area (Å²) in [5, 5.41) is 7.99. The van der Waals surface area contributed by atoms with E-state index in [0.29, 0.717) is 28.2 Å². The van der Waals surface area contributed by atoms with Crippen molar-refractivity contribution in [2.45, 2.75) is 24.3 Å². The average molecular weight is 344 g/mol. The molecule has 0 aliphatic rings. The number of Topliss-reactive ketones (excluding diaryl/α,β-unsaturated/α-hetero) is 1. The second-order valence-corrected chi connectivity index (χ2v) is 6.41. The summed E-state index contributed by atoms with van der Waals surface area (Å²) in [6, 6.07) is 8.77. The Kier molecular flexibility index (Phi) is 4.71. The van der Waals surface area contributed by atoms with Crippen molar-refractivity contribution in [3.8, 4) is 17.2 Å². The zero-order valence-corrected chi connectivity index (χ0v) is 14.3. The number of benzene rings is 1. The molecular weight excluding hydrogens is 328 g/mol. The summed E-state index contributed by atoms with van der Waals surface area (Å²) < 4.78 is 15.9. The van der Waals surface area contributed by atoms with Gasteiger partial charge in [-0.2, -0.15) is 0 Å². The number of methoxy groups -OCH3 is 1. The van der Waals surface area contributed by atoms with Crippen molar-refractivity contribution in [3.63, 3.8) is 0 Å². The van der Waals surface area contributed by atoms with Crippen molar-refractivity contribution >= 4 is 17.5 Å². The van der Waals surface area contributed by atoms with Gasteiger partial charge >= 0.3 is 0 Å². The fourth-order valence-corrected chi connectivity index (χ4v) is 2.93. The molecule has 124 valence electrons. The Morgan fingerprint density at radius 3 is 2.58 bits per heavy atom. The molecule has 1 atom stereocenters. The molecule has 0 aliphatic carbocycles. The summed E-state index contributed by atoms with van der Waals surface area (Å²) in [6.45, 7) is 3.63. The van der Waals surface area contributed by atoms with Crippen molar-refractivity contribution in [3.05, 3.63) is 47.9 Å². The SMILES string of the molecule is COc1ccc(C(=O)C(C)Sc2nnc(-c3ccoc3C)o2)cc1. The summed E-state index contributed by atoms with van der Waals surface area (Å²) >= 11 is 1.23. The van der Waals surface area contributed by atoms with Gasteiger partial charge in [-0.15, -0.1) is 10.2 Å². The topological polar surface area (TPSA) is 78.4 Å². The van der Waals surface area contributed by atoms with Gasteiger partial charge in [-0.1, -0.05) is 11.8 Å². The van der Waals surface area contributed by atoms with Gasteiger partial charge in [0.2, 0.25) is 0 Å². The number of aromatic nitrogens is 2. The Morgan fingerprint density at radius 1 is 1.21 bits per heavy atom. The van der Waals surface area contributed by atoms with E-state index in [-0.39, 0.29) is 11.0 Å². The Bertz CT molecular complexity index is 838. The zero-order chi connectivity index (χ0) is 17.1. The second-order valence-electron chi connectivity index (χ2n) is 5.12. The van der Waals surface area contributed by atoms with Crippen LogP contribution in [-0.4, -0.2) is 28.3 Å². The van der Waals surface area contributed by atoms with Crippen LogP contribution < -0.4 is 4.74 Å². The van der Waals surface area contributed by atoms with Crippen molar-refractivity contribution in [1.29, 1.82) is 0 Å². The number of thioether (sulfide) groups is 1. The van der Waals surface area contributed by atoms with Gasteiger partial charge < -0.3 is 13.6 Å². The van der Waals surface area contributed by atoms with Crippen LogP contribution in [0.1, 0.15) is 23.0 Å². The van der Waals surface area contributed by atoms with E-state index in [9.17, 15) is 4.79 Å². The molecule has 1 unspecified atom stereocenters. The molecule has 6 nitrogen and oxygen atoms in total. The van der Waals surface area contributed by atoms with Gasteiger partial charge in [0, 0.05) is 5.56 Å².